The monoisotopic (exact) mass is 388 g/mol. The lowest BCUT2D eigenvalue weighted by molar-refractivity contribution is -0.254. The van der Waals surface area contributed by atoms with Gasteiger partial charge in [-0.05, 0) is 23.3 Å². The molecular formula is C21H19F3N2O2. The largest absolute Gasteiger partial charge is 0.416 e. The summed E-state index contributed by atoms with van der Waals surface area (Å²) in [7, 11) is 0. The highest BCUT2D eigenvalue weighted by molar-refractivity contribution is 5.77. The van der Waals surface area contributed by atoms with Gasteiger partial charge in [-0.3, -0.25) is 14.5 Å². The molecule has 28 heavy (non-hydrogen) atoms. The second kappa shape index (κ2) is 7.41. The number of alkyl halides is 3. The summed E-state index contributed by atoms with van der Waals surface area (Å²) in [5, 5.41) is 1.35. The zero-order valence-corrected chi connectivity index (χ0v) is 15.0. The predicted octanol–water partition coefficient (Wildman–Crippen LogP) is 3.96. The average molecular weight is 388 g/mol. The van der Waals surface area contributed by atoms with E-state index < -0.39 is 17.8 Å². The van der Waals surface area contributed by atoms with E-state index in [1.807, 2.05) is 47.4 Å². The van der Waals surface area contributed by atoms with Gasteiger partial charge in [0.2, 0.25) is 0 Å². The van der Waals surface area contributed by atoms with Gasteiger partial charge in [0, 0.05) is 6.54 Å². The second-order valence-electron chi connectivity index (χ2n) is 6.91. The van der Waals surface area contributed by atoms with Crippen molar-refractivity contribution in [3.05, 3.63) is 83.4 Å². The number of hydrogen-bond donors (Lipinski definition) is 0. The minimum atomic E-state index is -4.36. The molecule has 1 unspecified atom stereocenters. The number of nitrogens with zero attached hydrogens (tertiary/aromatic N) is 2. The van der Waals surface area contributed by atoms with E-state index >= 15 is 0 Å². The van der Waals surface area contributed by atoms with Crippen molar-refractivity contribution in [2.45, 2.75) is 24.7 Å². The van der Waals surface area contributed by atoms with Gasteiger partial charge in [-0.2, -0.15) is 13.2 Å². The number of carbonyl (C=O) groups excluding carboxylic acids is 1. The predicted molar refractivity (Wildman–Crippen MR) is 96.8 cm³/mol. The summed E-state index contributed by atoms with van der Waals surface area (Å²) in [5.74, 6) is -0.151. The van der Waals surface area contributed by atoms with Crippen molar-refractivity contribution in [2.75, 3.05) is 13.2 Å². The Kier molecular flexibility index (Phi) is 4.95. The maximum Gasteiger partial charge on any atom is 0.416 e. The molecule has 2 bridgehead atoms. The molecular weight excluding hydrogens is 369 g/mol. The van der Waals surface area contributed by atoms with Crippen LogP contribution in [0, 0.1) is 0 Å². The van der Waals surface area contributed by atoms with Gasteiger partial charge >= 0.3 is 6.18 Å². The van der Waals surface area contributed by atoms with Crippen LogP contribution < -0.4 is 0 Å². The van der Waals surface area contributed by atoms with E-state index in [1.54, 1.807) is 0 Å². The van der Waals surface area contributed by atoms with Crippen LogP contribution in [0.1, 0.15) is 22.7 Å². The van der Waals surface area contributed by atoms with E-state index in [1.165, 1.54) is 17.2 Å². The Hall–Kier alpha value is -2.64. The minimum Gasteiger partial charge on any atom is -0.272 e. The van der Waals surface area contributed by atoms with Crippen LogP contribution in [0.2, 0.25) is 0 Å². The third-order valence-corrected chi connectivity index (χ3v) is 4.99. The lowest BCUT2D eigenvalue weighted by atomic mass is 9.95. The molecule has 3 atom stereocenters. The number of carbonyl (C=O) groups is 1. The lowest BCUT2D eigenvalue weighted by Crippen LogP contribution is -2.55. The molecule has 2 aliphatic heterocycles. The standard InChI is InChI=1S/C21H19F3N2O2/c22-21(23,24)17-10-8-16(9-11-17)20-18-7-4-12-25(20)14-26(28-18)19(27)13-15-5-2-1-3-6-15/h1-11,18,20H,12-14H2/t18-,20+/m0/s1. The molecule has 2 aliphatic rings. The first-order valence-corrected chi connectivity index (χ1v) is 9.01. The van der Waals surface area contributed by atoms with Gasteiger partial charge in [-0.15, -0.1) is 0 Å². The van der Waals surface area contributed by atoms with Crippen molar-refractivity contribution in [3.63, 3.8) is 0 Å². The first-order valence-electron chi connectivity index (χ1n) is 9.01. The molecule has 146 valence electrons. The lowest BCUT2D eigenvalue weighted by Gasteiger charge is -2.46. The van der Waals surface area contributed by atoms with Gasteiger partial charge in [-0.1, -0.05) is 54.6 Å². The third-order valence-electron chi connectivity index (χ3n) is 4.99. The van der Waals surface area contributed by atoms with Crippen molar-refractivity contribution in [3.8, 4) is 0 Å². The van der Waals surface area contributed by atoms with Gasteiger partial charge < -0.3 is 0 Å². The van der Waals surface area contributed by atoms with Gasteiger partial charge in [0.25, 0.3) is 5.91 Å². The van der Waals surface area contributed by atoms with Crippen LogP contribution in [0.15, 0.2) is 66.7 Å². The summed E-state index contributed by atoms with van der Waals surface area (Å²) in [6.07, 6.45) is -0.752. The molecule has 1 saturated heterocycles. The topological polar surface area (TPSA) is 32.8 Å². The number of amides is 1. The minimum absolute atomic E-state index is 0.151. The molecule has 2 heterocycles. The zero-order valence-electron chi connectivity index (χ0n) is 15.0. The van der Waals surface area contributed by atoms with Crippen molar-refractivity contribution in [1.29, 1.82) is 0 Å². The van der Waals surface area contributed by atoms with Crippen LogP contribution in [0.4, 0.5) is 13.2 Å². The highest BCUT2D eigenvalue weighted by Gasteiger charge is 2.40. The molecule has 1 amide bonds. The average Bonchev–Trinajstić information content (AvgIpc) is 2.67. The first kappa shape index (κ1) is 18.7. The Morgan fingerprint density at radius 1 is 1.07 bits per heavy atom. The second-order valence-corrected chi connectivity index (χ2v) is 6.91. The molecule has 0 saturated carbocycles. The number of hydrogen-bond acceptors (Lipinski definition) is 3. The van der Waals surface area contributed by atoms with Crippen LogP contribution in [0.3, 0.4) is 0 Å². The van der Waals surface area contributed by atoms with Crippen molar-refractivity contribution >= 4 is 5.91 Å². The smallest absolute Gasteiger partial charge is 0.272 e. The maximum atomic E-state index is 12.8. The van der Waals surface area contributed by atoms with E-state index in [4.69, 9.17) is 4.84 Å². The van der Waals surface area contributed by atoms with Crippen LogP contribution in [-0.2, 0) is 22.2 Å². The van der Waals surface area contributed by atoms with Crippen molar-refractivity contribution < 1.29 is 22.8 Å². The summed E-state index contributed by atoms with van der Waals surface area (Å²) in [6, 6.07) is 14.3. The molecule has 1 fully saturated rings. The summed E-state index contributed by atoms with van der Waals surface area (Å²) in [6.45, 7) is 0.860. The molecule has 0 aromatic heterocycles. The van der Waals surface area contributed by atoms with Crippen LogP contribution in [0.5, 0.6) is 0 Å². The van der Waals surface area contributed by atoms with Crippen LogP contribution in [-0.4, -0.2) is 35.2 Å². The number of benzene rings is 2. The van der Waals surface area contributed by atoms with E-state index in [0.717, 1.165) is 23.3 Å². The van der Waals surface area contributed by atoms with E-state index in [-0.39, 0.29) is 25.0 Å². The Bertz CT molecular complexity index is 865. The fourth-order valence-corrected chi connectivity index (χ4v) is 3.61. The fraction of sp³-hybridized carbons (Fsp3) is 0.286. The van der Waals surface area contributed by atoms with Crippen LogP contribution in [0.25, 0.3) is 0 Å². The molecule has 7 heteroatoms. The maximum absolute atomic E-state index is 12.8. The first-order chi connectivity index (χ1) is 13.4. The molecule has 2 aromatic carbocycles. The van der Waals surface area contributed by atoms with Gasteiger partial charge in [0.05, 0.1) is 18.0 Å². The summed E-state index contributed by atoms with van der Waals surface area (Å²) < 4.78 is 38.5. The SMILES string of the molecule is O=C(Cc1ccccc1)N1CN2CC=C[C@H](O1)[C@H]2c1ccc(C(F)(F)F)cc1. The van der Waals surface area contributed by atoms with Crippen LogP contribution >= 0.6 is 0 Å². The van der Waals surface area contributed by atoms with Crippen molar-refractivity contribution in [2.24, 2.45) is 0 Å². The zero-order chi connectivity index (χ0) is 19.7. The van der Waals surface area contributed by atoms with Gasteiger partial charge in [0.15, 0.2) is 0 Å². The molecule has 0 aliphatic carbocycles. The van der Waals surface area contributed by atoms with Gasteiger partial charge in [0.1, 0.15) is 12.8 Å². The van der Waals surface area contributed by atoms with E-state index in [9.17, 15) is 18.0 Å². The van der Waals surface area contributed by atoms with E-state index in [2.05, 4.69) is 0 Å². The molecule has 0 N–H and O–H groups in total. The Balaban J connectivity index is 1.50. The summed E-state index contributed by atoms with van der Waals surface area (Å²) >= 11 is 0. The Morgan fingerprint density at radius 3 is 2.43 bits per heavy atom. The molecule has 4 nitrogen and oxygen atoms in total. The molecule has 0 spiro atoms. The summed E-state index contributed by atoms with van der Waals surface area (Å²) in [5.41, 5.74) is 0.956. The van der Waals surface area contributed by atoms with Gasteiger partial charge in [-0.25, -0.2) is 5.06 Å². The highest BCUT2D eigenvalue weighted by Crippen LogP contribution is 2.36. The fourth-order valence-electron chi connectivity index (χ4n) is 3.61. The Morgan fingerprint density at radius 2 is 1.79 bits per heavy atom. The normalized spacial score (nSPS) is 24.2. The summed E-state index contributed by atoms with van der Waals surface area (Å²) in [4.78, 5) is 20.5. The molecule has 4 rings (SSSR count). The number of hydroxylamine groups is 2. The Labute approximate surface area is 160 Å². The molecule has 0 radical (unpaired) electrons. The third kappa shape index (κ3) is 3.81. The van der Waals surface area contributed by atoms with E-state index in [0.29, 0.717) is 6.54 Å². The highest BCUT2D eigenvalue weighted by atomic mass is 19.4. The quantitative estimate of drug-likeness (QED) is 0.747. The number of fused-ring (bicyclic) bond motifs is 2. The molecule has 2 aromatic rings. The number of halogens is 3. The number of rotatable bonds is 3. The van der Waals surface area contributed by atoms with Crippen molar-refractivity contribution in [1.82, 2.24) is 9.96 Å².